The monoisotopic (exact) mass is 341 g/mol. The molecular weight excluding hydrogens is 318 g/mol. The molecule has 1 aliphatic rings. The minimum absolute atomic E-state index is 0.189. The number of carbonyl (C=O) groups is 1. The highest BCUT2D eigenvalue weighted by molar-refractivity contribution is 5.67. The minimum atomic E-state index is -0.808. The summed E-state index contributed by atoms with van der Waals surface area (Å²) in [7, 11) is 0. The molecule has 5 heteroatoms. The van der Waals surface area contributed by atoms with Crippen LogP contribution in [0.2, 0.25) is 0 Å². The van der Waals surface area contributed by atoms with Crippen LogP contribution in [0.4, 0.5) is 4.79 Å². The van der Waals surface area contributed by atoms with Crippen molar-refractivity contribution in [3.05, 3.63) is 71.8 Å². The molecule has 1 aliphatic heterocycles. The molecule has 0 spiro atoms. The van der Waals surface area contributed by atoms with Gasteiger partial charge in [0.05, 0.1) is 12.6 Å². The molecule has 3 rings (SSSR count). The van der Waals surface area contributed by atoms with Crippen molar-refractivity contribution in [2.24, 2.45) is 0 Å². The molecule has 0 aromatic heterocycles. The Bertz CT molecular complexity index is 685. The van der Waals surface area contributed by atoms with Crippen molar-refractivity contribution in [1.29, 1.82) is 0 Å². The van der Waals surface area contributed by atoms with Crippen LogP contribution < -0.4 is 5.32 Å². The van der Waals surface area contributed by atoms with Gasteiger partial charge in [0.2, 0.25) is 0 Å². The van der Waals surface area contributed by atoms with Crippen molar-refractivity contribution in [2.75, 3.05) is 6.61 Å². The van der Waals surface area contributed by atoms with Crippen LogP contribution in [0.15, 0.2) is 60.7 Å². The fourth-order valence-corrected chi connectivity index (χ4v) is 2.74. The summed E-state index contributed by atoms with van der Waals surface area (Å²) in [5.74, 6) is 0. The number of alkyl carbamates (subject to hydrolysis) is 1. The van der Waals surface area contributed by atoms with Crippen molar-refractivity contribution in [2.45, 2.75) is 37.7 Å². The molecule has 1 heterocycles. The third kappa shape index (κ3) is 4.81. The van der Waals surface area contributed by atoms with Crippen LogP contribution in [0.25, 0.3) is 0 Å². The van der Waals surface area contributed by atoms with Crippen LogP contribution in [-0.2, 0) is 22.5 Å². The number of ether oxygens (including phenoxy) is 2. The van der Waals surface area contributed by atoms with E-state index >= 15 is 0 Å². The average Bonchev–Trinajstić information content (AvgIpc) is 3.39. The predicted octanol–water partition coefficient (Wildman–Crippen LogP) is 2.67. The van der Waals surface area contributed by atoms with E-state index in [9.17, 15) is 9.90 Å². The van der Waals surface area contributed by atoms with Crippen LogP contribution in [-0.4, -0.2) is 35.6 Å². The smallest absolute Gasteiger partial charge is 0.407 e. The molecular formula is C20H23NO4. The highest BCUT2D eigenvalue weighted by atomic mass is 16.6. The lowest BCUT2D eigenvalue weighted by Gasteiger charge is -2.26. The predicted molar refractivity (Wildman–Crippen MR) is 94.1 cm³/mol. The van der Waals surface area contributed by atoms with E-state index in [0.717, 1.165) is 11.1 Å². The second-order valence-corrected chi connectivity index (χ2v) is 6.55. The second-order valence-electron chi connectivity index (χ2n) is 6.55. The van der Waals surface area contributed by atoms with E-state index in [-0.39, 0.29) is 6.61 Å². The van der Waals surface area contributed by atoms with E-state index in [0.29, 0.717) is 13.0 Å². The summed E-state index contributed by atoms with van der Waals surface area (Å²) in [5.41, 5.74) is 1.33. The number of epoxide rings is 1. The lowest BCUT2D eigenvalue weighted by molar-refractivity contribution is 0.0469. The molecule has 0 bridgehead atoms. The van der Waals surface area contributed by atoms with E-state index in [4.69, 9.17) is 9.47 Å². The summed E-state index contributed by atoms with van der Waals surface area (Å²) in [6.07, 6.45) is -0.855. The van der Waals surface area contributed by atoms with Crippen LogP contribution in [0, 0.1) is 0 Å². The molecule has 1 saturated heterocycles. The standard InChI is InChI=1S/C20H23NO4/c1-20(14-25-20)18(22)17(12-15-8-4-2-5-9-15)21-19(23)24-13-16-10-6-3-7-11-16/h2-11,17-18,22H,12-14H2,1H3,(H,21,23)/t17-,18+,20-/m0/s1. The molecule has 0 saturated carbocycles. The molecule has 5 nitrogen and oxygen atoms in total. The van der Waals surface area contributed by atoms with E-state index in [1.165, 1.54) is 0 Å². The maximum Gasteiger partial charge on any atom is 0.407 e. The number of carbonyl (C=O) groups excluding carboxylic acids is 1. The number of hydrogen-bond acceptors (Lipinski definition) is 4. The summed E-state index contributed by atoms with van der Waals surface area (Å²) in [5, 5.41) is 13.4. The van der Waals surface area contributed by atoms with Gasteiger partial charge in [-0.15, -0.1) is 0 Å². The van der Waals surface area contributed by atoms with Gasteiger partial charge < -0.3 is 19.9 Å². The minimum Gasteiger partial charge on any atom is -0.445 e. The number of nitrogens with one attached hydrogen (secondary N) is 1. The Morgan fingerprint density at radius 1 is 1.16 bits per heavy atom. The highest BCUT2D eigenvalue weighted by Crippen LogP contribution is 2.32. The van der Waals surface area contributed by atoms with Gasteiger partial charge in [-0.25, -0.2) is 4.79 Å². The Hall–Kier alpha value is -2.37. The molecule has 0 radical (unpaired) electrons. The lowest BCUT2D eigenvalue weighted by Crippen LogP contribution is -2.50. The van der Waals surface area contributed by atoms with Crippen LogP contribution in [0.3, 0.4) is 0 Å². The summed E-state index contributed by atoms with van der Waals surface area (Å²) in [6.45, 7) is 2.52. The van der Waals surface area contributed by atoms with Gasteiger partial charge in [0.15, 0.2) is 0 Å². The molecule has 2 aromatic rings. The van der Waals surface area contributed by atoms with Gasteiger partial charge in [-0.3, -0.25) is 0 Å². The number of aliphatic hydroxyl groups excluding tert-OH is 1. The zero-order valence-electron chi connectivity index (χ0n) is 14.2. The fraction of sp³-hybridized carbons (Fsp3) is 0.350. The van der Waals surface area contributed by atoms with E-state index in [1.54, 1.807) is 0 Å². The Balaban J connectivity index is 1.61. The molecule has 2 N–H and O–H groups in total. The Morgan fingerprint density at radius 3 is 2.28 bits per heavy atom. The van der Waals surface area contributed by atoms with E-state index < -0.39 is 23.8 Å². The van der Waals surface area contributed by atoms with Crippen molar-refractivity contribution in [1.82, 2.24) is 5.32 Å². The van der Waals surface area contributed by atoms with Crippen molar-refractivity contribution < 1.29 is 19.4 Å². The van der Waals surface area contributed by atoms with Gasteiger partial charge >= 0.3 is 6.09 Å². The molecule has 132 valence electrons. The van der Waals surface area contributed by atoms with Crippen LogP contribution in [0.5, 0.6) is 0 Å². The first kappa shape index (κ1) is 17.5. The summed E-state index contributed by atoms with van der Waals surface area (Å²) < 4.78 is 10.6. The average molecular weight is 341 g/mol. The molecule has 0 aliphatic carbocycles. The zero-order valence-corrected chi connectivity index (χ0v) is 14.2. The maximum atomic E-state index is 12.2. The van der Waals surface area contributed by atoms with Gasteiger partial charge in [0, 0.05) is 0 Å². The number of hydrogen-bond donors (Lipinski definition) is 2. The molecule has 0 unspecified atom stereocenters. The summed E-state index contributed by atoms with van der Waals surface area (Å²) >= 11 is 0. The fourth-order valence-electron chi connectivity index (χ4n) is 2.74. The molecule has 2 aromatic carbocycles. The Morgan fingerprint density at radius 2 is 1.72 bits per heavy atom. The first-order valence-corrected chi connectivity index (χ1v) is 8.40. The molecule has 1 amide bonds. The Kier molecular flexibility index (Phi) is 5.36. The van der Waals surface area contributed by atoms with Crippen molar-refractivity contribution in [3.63, 3.8) is 0 Å². The second kappa shape index (κ2) is 7.68. The Labute approximate surface area is 147 Å². The van der Waals surface area contributed by atoms with Crippen molar-refractivity contribution in [3.8, 4) is 0 Å². The maximum absolute atomic E-state index is 12.2. The number of amides is 1. The first-order valence-electron chi connectivity index (χ1n) is 8.40. The lowest BCUT2D eigenvalue weighted by atomic mass is 9.93. The number of benzene rings is 2. The third-order valence-electron chi connectivity index (χ3n) is 4.42. The number of rotatable bonds is 7. The first-order chi connectivity index (χ1) is 12.1. The van der Waals surface area contributed by atoms with Gasteiger partial charge in [-0.2, -0.15) is 0 Å². The quantitative estimate of drug-likeness (QED) is 0.760. The summed E-state index contributed by atoms with van der Waals surface area (Å²) in [4.78, 5) is 12.2. The van der Waals surface area contributed by atoms with Crippen LogP contribution in [0.1, 0.15) is 18.1 Å². The van der Waals surface area contributed by atoms with Gasteiger partial charge in [0.25, 0.3) is 0 Å². The molecule has 3 atom stereocenters. The van der Waals surface area contributed by atoms with Gasteiger partial charge in [-0.05, 0) is 24.5 Å². The number of aliphatic hydroxyl groups is 1. The normalized spacial score (nSPS) is 21.2. The van der Waals surface area contributed by atoms with E-state index in [1.807, 2.05) is 67.6 Å². The molecule has 25 heavy (non-hydrogen) atoms. The van der Waals surface area contributed by atoms with Crippen LogP contribution >= 0.6 is 0 Å². The summed E-state index contributed by atoms with van der Waals surface area (Å²) in [6, 6.07) is 18.7. The highest BCUT2D eigenvalue weighted by Gasteiger charge is 2.50. The van der Waals surface area contributed by atoms with Gasteiger partial charge in [-0.1, -0.05) is 60.7 Å². The third-order valence-corrected chi connectivity index (χ3v) is 4.42. The zero-order chi connectivity index (χ0) is 17.7. The SMILES string of the molecule is C[C@@]1([C@H](O)[C@H](Cc2ccccc2)NC(=O)OCc2ccccc2)CO1. The van der Waals surface area contributed by atoms with Crippen molar-refractivity contribution >= 4 is 6.09 Å². The topological polar surface area (TPSA) is 71.1 Å². The van der Waals surface area contributed by atoms with E-state index in [2.05, 4.69) is 5.32 Å². The largest absolute Gasteiger partial charge is 0.445 e. The van der Waals surface area contributed by atoms with Gasteiger partial charge in [0.1, 0.15) is 18.3 Å². The molecule has 1 fully saturated rings.